The molecule has 166 valence electrons. The molecule has 1 aromatic carbocycles. The third-order valence-corrected chi connectivity index (χ3v) is 7.40. The van der Waals surface area contributed by atoms with E-state index in [1.54, 1.807) is 24.3 Å². The molecule has 0 saturated carbocycles. The molecule has 32 heavy (non-hydrogen) atoms. The molecular weight excluding hydrogens is 489 g/mol. The highest BCUT2D eigenvalue weighted by Crippen LogP contribution is 2.37. The van der Waals surface area contributed by atoms with Crippen molar-refractivity contribution in [2.75, 3.05) is 5.32 Å². The van der Waals surface area contributed by atoms with Gasteiger partial charge in [-0.1, -0.05) is 35.7 Å². The number of carbonyl (C=O) groups is 2. The molecule has 0 bridgehead atoms. The summed E-state index contributed by atoms with van der Waals surface area (Å²) in [5.74, 6) is -0.586. The van der Waals surface area contributed by atoms with Crippen LogP contribution in [0, 0.1) is 0 Å². The van der Waals surface area contributed by atoms with E-state index in [2.05, 4.69) is 10.6 Å². The molecule has 3 aromatic rings. The lowest BCUT2D eigenvalue weighted by atomic mass is 10.1. The van der Waals surface area contributed by atoms with Crippen LogP contribution in [0.15, 0.2) is 34.7 Å². The summed E-state index contributed by atoms with van der Waals surface area (Å²) >= 11 is 19.0. The molecule has 6 nitrogen and oxygen atoms in total. The third-order valence-electron chi connectivity index (χ3n) is 5.17. The van der Waals surface area contributed by atoms with Crippen LogP contribution in [0.2, 0.25) is 10.0 Å². The predicted molar refractivity (Wildman–Crippen MR) is 132 cm³/mol. The number of hydrogen-bond acceptors (Lipinski definition) is 5. The maximum Gasteiger partial charge on any atom is 0.293 e. The van der Waals surface area contributed by atoms with Crippen molar-refractivity contribution < 1.29 is 14.0 Å². The van der Waals surface area contributed by atoms with Gasteiger partial charge in [0.05, 0.1) is 15.6 Å². The Kier molecular flexibility index (Phi) is 6.85. The van der Waals surface area contributed by atoms with Crippen LogP contribution < -0.4 is 16.4 Å². The van der Waals surface area contributed by atoms with E-state index in [1.165, 1.54) is 17.4 Å². The lowest BCUT2D eigenvalue weighted by Crippen LogP contribution is -2.34. The topological polar surface area (TPSA) is 97.4 Å². The monoisotopic (exact) mass is 507 g/mol. The summed E-state index contributed by atoms with van der Waals surface area (Å²) in [6.45, 7) is 0. The number of anilines is 1. The highest BCUT2D eigenvalue weighted by molar-refractivity contribution is 7.80. The molecule has 10 heteroatoms. The van der Waals surface area contributed by atoms with Crippen LogP contribution in [0.1, 0.15) is 50.6 Å². The van der Waals surface area contributed by atoms with E-state index in [-0.39, 0.29) is 10.9 Å². The molecule has 2 amide bonds. The number of thiophene rings is 1. The highest BCUT2D eigenvalue weighted by Gasteiger charge is 2.24. The lowest BCUT2D eigenvalue weighted by molar-refractivity contribution is 0.0950. The Labute approximate surface area is 204 Å². The van der Waals surface area contributed by atoms with Gasteiger partial charge in [0.2, 0.25) is 0 Å². The molecule has 0 atom stereocenters. The van der Waals surface area contributed by atoms with Crippen LogP contribution in [-0.4, -0.2) is 16.9 Å². The Balaban J connectivity index is 1.49. The molecule has 0 unspecified atom stereocenters. The minimum Gasteiger partial charge on any atom is -0.451 e. The Bertz CT molecular complexity index is 1220. The van der Waals surface area contributed by atoms with E-state index in [9.17, 15) is 9.59 Å². The van der Waals surface area contributed by atoms with Gasteiger partial charge in [-0.15, -0.1) is 11.3 Å². The van der Waals surface area contributed by atoms with Crippen LogP contribution in [0.3, 0.4) is 0 Å². The normalized spacial score (nSPS) is 13.2. The molecule has 1 aliphatic carbocycles. The van der Waals surface area contributed by atoms with Crippen molar-refractivity contribution in [1.29, 1.82) is 0 Å². The van der Waals surface area contributed by atoms with Gasteiger partial charge in [0, 0.05) is 10.4 Å². The fourth-order valence-electron chi connectivity index (χ4n) is 3.69. The van der Waals surface area contributed by atoms with Crippen molar-refractivity contribution in [2.45, 2.75) is 32.1 Å². The number of halogens is 2. The van der Waals surface area contributed by atoms with Crippen molar-refractivity contribution in [3.8, 4) is 11.3 Å². The smallest absolute Gasteiger partial charge is 0.293 e. The number of amides is 2. The van der Waals surface area contributed by atoms with Crippen molar-refractivity contribution in [3.63, 3.8) is 0 Å². The maximum absolute atomic E-state index is 12.6. The van der Waals surface area contributed by atoms with E-state index in [0.29, 0.717) is 31.9 Å². The van der Waals surface area contributed by atoms with Crippen molar-refractivity contribution in [2.24, 2.45) is 5.73 Å². The third kappa shape index (κ3) is 4.68. The number of nitrogens with two attached hydrogens (primary N) is 1. The van der Waals surface area contributed by atoms with Gasteiger partial charge in [0.15, 0.2) is 10.9 Å². The average Bonchev–Trinajstić information content (AvgIpc) is 3.29. The van der Waals surface area contributed by atoms with Crippen LogP contribution in [0.5, 0.6) is 0 Å². The fourth-order valence-corrected chi connectivity index (χ4v) is 5.64. The Morgan fingerprint density at radius 1 is 1.09 bits per heavy atom. The molecule has 4 rings (SSSR count). The number of aryl methyl sites for hydroxylation is 1. The average molecular weight is 508 g/mol. The lowest BCUT2D eigenvalue weighted by Gasteiger charge is -2.09. The summed E-state index contributed by atoms with van der Waals surface area (Å²) in [5.41, 5.74) is 7.67. The molecular formula is C22H19Cl2N3O3S2. The first-order valence-electron chi connectivity index (χ1n) is 9.96. The highest BCUT2D eigenvalue weighted by atomic mass is 35.5. The maximum atomic E-state index is 12.6. The standard InChI is InChI=1S/C22H19Cl2N3O3S2/c23-13-7-4-6-11(18(13)24)14-9-10-15(30-14)20(29)26-22(31)27-21-17(19(25)28)12-5-2-1-3-8-16(12)32-21/h4,6-7,9-10H,1-3,5,8H2,(H2,25,28)(H2,26,27,29,31). The molecule has 0 spiro atoms. The number of nitrogens with one attached hydrogen (secondary N) is 2. The van der Waals surface area contributed by atoms with Gasteiger partial charge in [0.25, 0.3) is 11.8 Å². The van der Waals surface area contributed by atoms with E-state index in [1.807, 2.05) is 0 Å². The number of thiocarbonyl (C=S) groups is 1. The van der Waals surface area contributed by atoms with Gasteiger partial charge in [-0.3, -0.25) is 14.9 Å². The summed E-state index contributed by atoms with van der Waals surface area (Å²) < 4.78 is 5.65. The second-order valence-electron chi connectivity index (χ2n) is 7.31. The second kappa shape index (κ2) is 9.62. The number of primary amides is 1. The minimum absolute atomic E-state index is 0.0487. The van der Waals surface area contributed by atoms with Crippen LogP contribution in [0.4, 0.5) is 5.00 Å². The molecule has 2 aromatic heterocycles. The number of hydrogen-bond donors (Lipinski definition) is 3. The molecule has 0 aliphatic heterocycles. The number of fused-ring (bicyclic) bond motifs is 1. The van der Waals surface area contributed by atoms with Gasteiger partial charge < -0.3 is 15.5 Å². The molecule has 0 fully saturated rings. The second-order valence-corrected chi connectivity index (χ2v) is 9.60. The summed E-state index contributed by atoms with van der Waals surface area (Å²) in [7, 11) is 0. The van der Waals surface area contributed by atoms with E-state index in [4.69, 9.17) is 45.6 Å². The first kappa shape index (κ1) is 22.8. The first-order chi connectivity index (χ1) is 15.3. The molecule has 0 radical (unpaired) electrons. The van der Waals surface area contributed by atoms with Gasteiger partial charge in [-0.25, -0.2) is 0 Å². The zero-order valence-corrected chi connectivity index (χ0v) is 19.9. The first-order valence-corrected chi connectivity index (χ1v) is 11.9. The number of benzene rings is 1. The van der Waals surface area contributed by atoms with E-state index >= 15 is 0 Å². The van der Waals surface area contributed by atoms with Gasteiger partial charge in [0.1, 0.15) is 10.8 Å². The summed E-state index contributed by atoms with van der Waals surface area (Å²) in [4.78, 5) is 25.9. The quantitative estimate of drug-likeness (QED) is 0.305. The van der Waals surface area contributed by atoms with E-state index < -0.39 is 11.8 Å². The predicted octanol–water partition coefficient (Wildman–Crippen LogP) is 5.81. The minimum atomic E-state index is -0.536. The van der Waals surface area contributed by atoms with Crippen LogP contribution in [0.25, 0.3) is 11.3 Å². The molecule has 4 N–H and O–H groups in total. The fraction of sp³-hybridized carbons (Fsp3) is 0.227. The van der Waals surface area contributed by atoms with Crippen molar-refractivity contribution in [3.05, 3.63) is 62.1 Å². The molecule has 2 heterocycles. The Morgan fingerprint density at radius 3 is 2.66 bits per heavy atom. The van der Waals surface area contributed by atoms with Crippen molar-refractivity contribution >= 4 is 68.7 Å². The van der Waals surface area contributed by atoms with Gasteiger partial charge >= 0.3 is 0 Å². The van der Waals surface area contributed by atoms with Gasteiger partial charge in [-0.2, -0.15) is 0 Å². The van der Waals surface area contributed by atoms with E-state index in [0.717, 1.165) is 42.5 Å². The van der Waals surface area contributed by atoms with Crippen molar-refractivity contribution in [1.82, 2.24) is 5.32 Å². The summed E-state index contributed by atoms with van der Waals surface area (Å²) in [6.07, 6.45) is 4.93. The van der Waals surface area contributed by atoms with Crippen LogP contribution >= 0.6 is 46.8 Å². The zero-order valence-electron chi connectivity index (χ0n) is 16.8. The zero-order chi connectivity index (χ0) is 22.8. The largest absolute Gasteiger partial charge is 0.451 e. The Morgan fingerprint density at radius 2 is 1.88 bits per heavy atom. The molecule has 0 saturated heterocycles. The number of rotatable bonds is 4. The number of furan rings is 1. The number of carbonyl (C=O) groups excluding carboxylic acids is 2. The van der Waals surface area contributed by atoms with Crippen LogP contribution in [-0.2, 0) is 12.8 Å². The van der Waals surface area contributed by atoms with Gasteiger partial charge in [-0.05, 0) is 67.7 Å². The summed E-state index contributed by atoms with van der Waals surface area (Å²) in [5, 5.41) is 6.87. The Hall–Kier alpha value is -2.39. The summed E-state index contributed by atoms with van der Waals surface area (Å²) in [6, 6.07) is 8.30. The molecule has 1 aliphatic rings. The SMILES string of the molecule is NC(=O)c1c(NC(=S)NC(=O)c2ccc(-c3cccc(Cl)c3Cl)o2)sc2c1CCCCC2.